The van der Waals surface area contributed by atoms with Crippen LogP contribution in [0.15, 0.2) is 17.0 Å². The quantitative estimate of drug-likeness (QED) is 0.726. The van der Waals surface area contributed by atoms with E-state index in [1.165, 1.54) is 12.1 Å². The van der Waals surface area contributed by atoms with E-state index in [1.807, 2.05) is 4.72 Å². The van der Waals surface area contributed by atoms with Gasteiger partial charge in [-0.15, -0.1) is 0 Å². The molecule has 8 heteroatoms. The number of urea groups is 1. The molecule has 2 amide bonds. The second-order valence-electron chi connectivity index (χ2n) is 5.43. The number of anilines is 1. The molecular formula is C12H18ClN3O3S. The van der Waals surface area contributed by atoms with Crippen LogP contribution in [0.5, 0.6) is 0 Å². The molecule has 1 aromatic rings. The van der Waals surface area contributed by atoms with Gasteiger partial charge in [-0.1, -0.05) is 11.6 Å². The van der Waals surface area contributed by atoms with Gasteiger partial charge in [0.05, 0.1) is 4.90 Å². The molecule has 0 saturated heterocycles. The van der Waals surface area contributed by atoms with E-state index in [4.69, 9.17) is 17.3 Å². The molecule has 1 aromatic carbocycles. The maximum absolute atomic E-state index is 12.1. The highest BCUT2D eigenvalue weighted by atomic mass is 35.5. The Hall–Kier alpha value is -1.47. The van der Waals surface area contributed by atoms with E-state index < -0.39 is 21.6 Å². The third-order valence-corrected chi connectivity index (χ3v) is 4.09. The van der Waals surface area contributed by atoms with Gasteiger partial charge in [-0.2, -0.15) is 0 Å². The van der Waals surface area contributed by atoms with Crippen LogP contribution in [-0.2, 0) is 10.0 Å². The van der Waals surface area contributed by atoms with E-state index in [0.717, 1.165) is 0 Å². The van der Waals surface area contributed by atoms with Gasteiger partial charge in [-0.05, 0) is 45.4 Å². The molecule has 4 N–H and O–H groups in total. The fourth-order valence-electron chi connectivity index (χ4n) is 1.38. The summed E-state index contributed by atoms with van der Waals surface area (Å²) in [4.78, 5) is 11.5. The van der Waals surface area contributed by atoms with E-state index in [0.29, 0.717) is 5.56 Å². The van der Waals surface area contributed by atoms with E-state index in [-0.39, 0.29) is 15.6 Å². The number of carbonyl (C=O) groups excluding carboxylic acids is 1. The molecule has 0 atom stereocenters. The van der Waals surface area contributed by atoms with Crippen LogP contribution in [-0.4, -0.2) is 20.0 Å². The number of nitrogens with two attached hydrogens (primary N) is 1. The smallest absolute Gasteiger partial charge is 0.329 e. The van der Waals surface area contributed by atoms with Crippen LogP contribution in [0.1, 0.15) is 26.3 Å². The van der Waals surface area contributed by atoms with Gasteiger partial charge < -0.3 is 11.1 Å². The first kappa shape index (κ1) is 16.6. The molecule has 0 heterocycles. The Morgan fingerprint density at radius 3 is 2.30 bits per heavy atom. The van der Waals surface area contributed by atoms with Crippen LogP contribution >= 0.6 is 11.6 Å². The van der Waals surface area contributed by atoms with Crippen molar-refractivity contribution >= 4 is 33.3 Å². The topological polar surface area (TPSA) is 101 Å². The minimum Gasteiger partial charge on any atom is -0.398 e. The molecule has 0 aliphatic rings. The number of sulfonamides is 1. The molecule has 112 valence electrons. The summed E-state index contributed by atoms with van der Waals surface area (Å²) in [7, 11) is -4.02. The zero-order chi connectivity index (χ0) is 15.7. The standard InChI is InChI=1S/C12H18ClN3O3S/c1-7-9(13)5-8(6-10(7)14)20(18,19)16-11(17)15-12(2,3)4/h5-6H,14H2,1-4H3,(H2,15,16,17). The van der Waals surface area contributed by atoms with Crippen molar-refractivity contribution in [1.29, 1.82) is 0 Å². The fraction of sp³-hybridized carbons (Fsp3) is 0.417. The highest BCUT2D eigenvalue weighted by Gasteiger charge is 2.22. The van der Waals surface area contributed by atoms with Crippen molar-refractivity contribution in [3.63, 3.8) is 0 Å². The summed E-state index contributed by atoms with van der Waals surface area (Å²) in [5.74, 6) is 0. The van der Waals surface area contributed by atoms with Crippen LogP contribution in [0.4, 0.5) is 10.5 Å². The lowest BCUT2D eigenvalue weighted by atomic mass is 10.1. The van der Waals surface area contributed by atoms with E-state index >= 15 is 0 Å². The number of rotatable bonds is 2. The highest BCUT2D eigenvalue weighted by molar-refractivity contribution is 7.90. The Balaban J connectivity index is 3.04. The second-order valence-corrected chi connectivity index (χ2v) is 7.52. The van der Waals surface area contributed by atoms with Gasteiger partial charge >= 0.3 is 6.03 Å². The number of halogens is 1. The first-order chi connectivity index (χ1) is 8.92. The van der Waals surface area contributed by atoms with E-state index in [1.54, 1.807) is 27.7 Å². The molecular weight excluding hydrogens is 302 g/mol. The van der Waals surface area contributed by atoms with Crippen molar-refractivity contribution in [1.82, 2.24) is 10.0 Å². The van der Waals surface area contributed by atoms with Crippen LogP contribution in [0.2, 0.25) is 5.02 Å². The predicted molar refractivity (Wildman–Crippen MR) is 79.2 cm³/mol. The lowest BCUT2D eigenvalue weighted by Gasteiger charge is -2.20. The molecule has 0 saturated carbocycles. The number of amides is 2. The molecule has 1 rings (SSSR count). The number of nitrogens with one attached hydrogen (secondary N) is 2. The number of hydrogen-bond acceptors (Lipinski definition) is 4. The number of carbonyl (C=O) groups is 1. The molecule has 0 aliphatic heterocycles. The SMILES string of the molecule is Cc1c(N)cc(S(=O)(=O)NC(=O)NC(C)(C)C)cc1Cl. The van der Waals surface area contributed by atoms with Crippen LogP contribution in [0, 0.1) is 6.92 Å². The summed E-state index contributed by atoms with van der Waals surface area (Å²) in [6, 6.07) is 1.70. The van der Waals surface area contributed by atoms with Crippen LogP contribution < -0.4 is 15.8 Å². The number of nitrogen functional groups attached to an aromatic ring is 1. The van der Waals surface area contributed by atoms with Gasteiger partial charge in [0.1, 0.15) is 0 Å². The zero-order valence-corrected chi connectivity index (χ0v) is 13.3. The van der Waals surface area contributed by atoms with E-state index in [9.17, 15) is 13.2 Å². The molecule has 6 nitrogen and oxygen atoms in total. The van der Waals surface area contributed by atoms with Gasteiger partial charge in [0, 0.05) is 16.2 Å². The zero-order valence-electron chi connectivity index (χ0n) is 11.7. The lowest BCUT2D eigenvalue weighted by Crippen LogP contribution is -2.48. The minimum absolute atomic E-state index is 0.158. The monoisotopic (exact) mass is 319 g/mol. The third-order valence-electron chi connectivity index (χ3n) is 2.38. The number of benzene rings is 1. The first-order valence-corrected chi connectivity index (χ1v) is 7.69. The van der Waals surface area contributed by atoms with Crippen molar-refractivity contribution in [3.05, 3.63) is 22.7 Å². The van der Waals surface area contributed by atoms with Gasteiger partial charge in [0.15, 0.2) is 0 Å². The Morgan fingerprint density at radius 2 is 1.85 bits per heavy atom. The molecule has 0 fully saturated rings. The molecule has 0 spiro atoms. The molecule has 0 bridgehead atoms. The van der Waals surface area contributed by atoms with Gasteiger partial charge in [0.25, 0.3) is 10.0 Å². The maximum atomic E-state index is 12.1. The number of hydrogen-bond donors (Lipinski definition) is 3. The Kier molecular flexibility index (Phi) is 4.55. The van der Waals surface area contributed by atoms with E-state index in [2.05, 4.69) is 5.32 Å². The van der Waals surface area contributed by atoms with Crippen LogP contribution in [0.3, 0.4) is 0 Å². The molecule has 0 radical (unpaired) electrons. The summed E-state index contributed by atoms with van der Waals surface area (Å²) in [5, 5.41) is 2.72. The Labute approximate surface area is 123 Å². The summed E-state index contributed by atoms with van der Waals surface area (Å²) in [6.07, 6.45) is 0. The normalized spacial score (nSPS) is 12.1. The average Bonchev–Trinajstić information content (AvgIpc) is 2.21. The maximum Gasteiger partial charge on any atom is 0.329 e. The second kappa shape index (κ2) is 5.49. The largest absolute Gasteiger partial charge is 0.398 e. The van der Waals surface area contributed by atoms with Gasteiger partial charge in [0.2, 0.25) is 0 Å². The van der Waals surface area contributed by atoms with Crippen LogP contribution in [0.25, 0.3) is 0 Å². The molecule has 0 aromatic heterocycles. The fourth-order valence-corrected chi connectivity index (χ4v) is 2.64. The third kappa shape index (κ3) is 4.28. The van der Waals surface area contributed by atoms with Crippen molar-refractivity contribution < 1.29 is 13.2 Å². The summed E-state index contributed by atoms with van der Waals surface area (Å²) < 4.78 is 26.0. The first-order valence-electron chi connectivity index (χ1n) is 5.83. The van der Waals surface area contributed by atoms with Crippen molar-refractivity contribution in [2.45, 2.75) is 38.1 Å². The highest BCUT2D eigenvalue weighted by Crippen LogP contribution is 2.25. The summed E-state index contributed by atoms with van der Waals surface area (Å²) >= 11 is 5.90. The van der Waals surface area contributed by atoms with Crippen molar-refractivity contribution in [2.75, 3.05) is 5.73 Å². The van der Waals surface area contributed by atoms with Gasteiger partial charge in [-0.25, -0.2) is 17.9 Å². The molecule has 0 unspecified atom stereocenters. The Morgan fingerprint density at radius 1 is 1.30 bits per heavy atom. The predicted octanol–water partition coefficient (Wildman–Crippen LogP) is 2.02. The van der Waals surface area contributed by atoms with Crippen molar-refractivity contribution in [2.24, 2.45) is 0 Å². The summed E-state index contributed by atoms with van der Waals surface area (Å²) in [5.41, 5.74) is 5.95. The van der Waals surface area contributed by atoms with Gasteiger partial charge in [-0.3, -0.25) is 0 Å². The minimum atomic E-state index is -4.02. The lowest BCUT2D eigenvalue weighted by molar-refractivity contribution is 0.237. The molecule has 0 aliphatic carbocycles. The summed E-state index contributed by atoms with van der Waals surface area (Å²) in [6.45, 7) is 6.88. The van der Waals surface area contributed by atoms with Crippen molar-refractivity contribution in [3.8, 4) is 0 Å². The average molecular weight is 320 g/mol. The molecule has 20 heavy (non-hydrogen) atoms. The Bertz CT molecular complexity index is 613.